The van der Waals surface area contributed by atoms with Gasteiger partial charge in [-0.25, -0.2) is 4.57 Å². The highest BCUT2D eigenvalue weighted by molar-refractivity contribution is 6.28. The molecule has 0 spiro atoms. The first-order valence-electron chi connectivity index (χ1n) is 12.5. The third kappa shape index (κ3) is 2.18. The lowest BCUT2D eigenvalue weighted by Gasteiger charge is -2.17. The van der Waals surface area contributed by atoms with Crippen LogP contribution in [-0.2, 0) is 7.05 Å². The number of para-hydroxylation sites is 1. The Kier molecular flexibility index (Phi) is 3.54. The number of rotatable bonds is 1. The van der Waals surface area contributed by atoms with E-state index in [2.05, 4.69) is 83.6 Å². The minimum Gasteiger partial charge on any atom is -0.307 e. The molecule has 0 unspecified atom stereocenters. The van der Waals surface area contributed by atoms with Crippen molar-refractivity contribution in [3.05, 3.63) is 78.1 Å². The molecule has 0 radical (unpaired) electrons. The van der Waals surface area contributed by atoms with Crippen molar-refractivity contribution >= 4 is 59.9 Å². The fourth-order valence-electron chi connectivity index (χ4n) is 7.00. The van der Waals surface area contributed by atoms with Crippen LogP contribution >= 0.6 is 0 Å². The van der Waals surface area contributed by atoms with Crippen molar-refractivity contribution in [1.82, 2.24) is 9.38 Å². The predicted octanol–water partition coefficient (Wildman–Crippen LogP) is 7.33. The Morgan fingerprint density at radius 3 is 2.47 bits per heavy atom. The van der Waals surface area contributed by atoms with Crippen LogP contribution in [0.4, 0.5) is 0 Å². The highest BCUT2D eigenvalue weighted by atomic mass is 15.0. The maximum Gasteiger partial charge on any atom is 0.287 e. The van der Waals surface area contributed by atoms with Crippen LogP contribution in [0.5, 0.6) is 0 Å². The van der Waals surface area contributed by atoms with E-state index in [4.69, 9.17) is 4.98 Å². The molecule has 7 aromatic rings. The van der Waals surface area contributed by atoms with Gasteiger partial charge in [0.2, 0.25) is 0 Å². The molecule has 34 heavy (non-hydrogen) atoms. The molecule has 3 nitrogen and oxygen atoms in total. The number of aryl methyl sites for hydroxylation is 2. The molecule has 0 aliphatic heterocycles. The van der Waals surface area contributed by atoms with Crippen molar-refractivity contribution in [3.8, 4) is 0 Å². The van der Waals surface area contributed by atoms with Crippen LogP contribution in [0, 0.1) is 6.92 Å². The molecule has 0 atom stereocenters. The first kappa shape index (κ1) is 18.7. The van der Waals surface area contributed by atoms with Gasteiger partial charge in [0.1, 0.15) is 5.52 Å². The molecule has 4 aromatic carbocycles. The Bertz CT molecular complexity index is 1940. The van der Waals surface area contributed by atoms with E-state index in [1.165, 1.54) is 91.2 Å². The normalized spacial score (nSPS) is 15.4. The van der Waals surface area contributed by atoms with E-state index in [9.17, 15) is 0 Å². The molecule has 1 saturated carbocycles. The first-order valence-corrected chi connectivity index (χ1v) is 12.5. The zero-order valence-corrected chi connectivity index (χ0v) is 19.6. The maximum absolute atomic E-state index is 4.98. The van der Waals surface area contributed by atoms with E-state index in [1.54, 1.807) is 0 Å². The van der Waals surface area contributed by atoms with Crippen molar-refractivity contribution in [2.45, 2.75) is 38.5 Å². The summed E-state index contributed by atoms with van der Waals surface area (Å²) in [5.41, 5.74) is 9.21. The fraction of sp³-hybridized carbons (Fsp3) is 0.226. The molecule has 1 aliphatic rings. The van der Waals surface area contributed by atoms with Gasteiger partial charge in [-0.15, -0.1) is 0 Å². The van der Waals surface area contributed by atoms with Gasteiger partial charge in [0, 0.05) is 16.2 Å². The summed E-state index contributed by atoms with van der Waals surface area (Å²) in [7, 11) is 2.15. The molecule has 3 heteroatoms. The second kappa shape index (κ2) is 6.44. The lowest BCUT2D eigenvalue weighted by Crippen LogP contribution is -2.30. The fourth-order valence-corrected chi connectivity index (χ4v) is 7.00. The molecule has 0 bridgehead atoms. The van der Waals surface area contributed by atoms with E-state index in [0.29, 0.717) is 5.92 Å². The Labute approximate surface area is 197 Å². The molecule has 0 amide bonds. The molecular weight excluding hydrogens is 414 g/mol. The number of aromatic nitrogens is 3. The maximum atomic E-state index is 4.98. The number of benzene rings is 4. The summed E-state index contributed by atoms with van der Waals surface area (Å²) < 4.78 is 4.79. The van der Waals surface area contributed by atoms with Gasteiger partial charge in [-0.1, -0.05) is 55.3 Å². The van der Waals surface area contributed by atoms with Crippen LogP contribution in [-0.4, -0.2) is 9.38 Å². The number of fused-ring (bicyclic) bond motifs is 7. The largest absolute Gasteiger partial charge is 0.307 e. The summed E-state index contributed by atoms with van der Waals surface area (Å²) in [4.78, 5) is 4.98. The van der Waals surface area contributed by atoms with Crippen LogP contribution in [0.15, 0.2) is 67.0 Å². The summed E-state index contributed by atoms with van der Waals surface area (Å²) in [5.74, 6) is 0.627. The van der Waals surface area contributed by atoms with Crippen molar-refractivity contribution in [2.24, 2.45) is 7.05 Å². The van der Waals surface area contributed by atoms with Gasteiger partial charge in [0.05, 0.1) is 29.0 Å². The molecular formula is C31H26N3+. The second-order valence-corrected chi connectivity index (χ2v) is 10.2. The molecule has 3 heterocycles. The summed E-state index contributed by atoms with van der Waals surface area (Å²) in [6.07, 6.45) is 7.25. The quantitative estimate of drug-likeness (QED) is 0.149. The van der Waals surface area contributed by atoms with E-state index in [1.807, 2.05) is 6.33 Å². The van der Waals surface area contributed by atoms with Crippen LogP contribution in [0.3, 0.4) is 0 Å². The highest BCUT2D eigenvalue weighted by Gasteiger charge is 2.29. The molecule has 164 valence electrons. The van der Waals surface area contributed by atoms with Crippen molar-refractivity contribution < 1.29 is 4.57 Å². The molecule has 0 saturated heterocycles. The first-order chi connectivity index (χ1) is 16.7. The topological polar surface area (TPSA) is 21.2 Å². The third-order valence-electron chi connectivity index (χ3n) is 8.47. The third-order valence-corrected chi connectivity index (χ3v) is 8.47. The Morgan fingerprint density at radius 2 is 1.62 bits per heavy atom. The van der Waals surface area contributed by atoms with Crippen LogP contribution in [0.1, 0.15) is 42.7 Å². The average molecular weight is 441 g/mol. The van der Waals surface area contributed by atoms with E-state index in [0.717, 1.165) is 5.52 Å². The summed E-state index contributed by atoms with van der Waals surface area (Å²) in [5, 5.41) is 8.07. The van der Waals surface area contributed by atoms with Gasteiger partial charge in [0.25, 0.3) is 6.33 Å². The zero-order valence-electron chi connectivity index (χ0n) is 19.6. The van der Waals surface area contributed by atoms with Crippen LogP contribution in [0.25, 0.3) is 59.9 Å². The number of hydrogen-bond donors (Lipinski definition) is 0. The van der Waals surface area contributed by atoms with Crippen LogP contribution in [0.2, 0.25) is 0 Å². The summed E-state index contributed by atoms with van der Waals surface area (Å²) in [6.45, 7) is 2.29. The summed E-state index contributed by atoms with van der Waals surface area (Å²) >= 11 is 0. The van der Waals surface area contributed by atoms with Gasteiger partial charge in [-0.3, -0.25) is 0 Å². The Balaban J connectivity index is 1.77. The highest BCUT2D eigenvalue weighted by Crippen LogP contribution is 2.47. The van der Waals surface area contributed by atoms with Gasteiger partial charge in [0.15, 0.2) is 5.52 Å². The van der Waals surface area contributed by atoms with Gasteiger partial charge in [-0.05, 0) is 70.8 Å². The smallest absolute Gasteiger partial charge is 0.287 e. The van der Waals surface area contributed by atoms with E-state index < -0.39 is 0 Å². The number of hydrogen-bond acceptors (Lipinski definition) is 1. The van der Waals surface area contributed by atoms with Crippen molar-refractivity contribution in [1.29, 1.82) is 0 Å². The molecule has 8 rings (SSSR count). The van der Waals surface area contributed by atoms with Gasteiger partial charge >= 0.3 is 0 Å². The average Bonchev–Trinajstić information content (AvgIpc) is 3.52. The lowest BCUT2D eigenvalue weighted by molar-refractivity contribution is -0.646. The number of pyridine rings is 1. The standard InChI is InChI=1S/C31H26N3/c1-18-21-12-6-5-11-20(21)15-26-27(18)30-29-24(32-17-33(30)2)16-23(19-9-3-4-10-19)28-22-13-7-8-14-25(22)34(26)31(28)29/h5-8,11-17,19H,3-4,9-10H2,1-2H3/q+1. The minimum atomic E-state index is 0.627. The van der Waals surface area contributed by atoms with Crippen LogP contribution < -0.4 is 4.57 Å². The second-order valence-electron chi connectivity index (χ2n) is 10.2. The zero-order chi connectivity index (χ0) is 22.6. The summed E-state index contributed by atoms with van der Waals surface area (Å²) in [6, 6.07) is 22.6. The Morgan fingerprint density at radius 1 is 0.853 bits per heavy atom. The van der Waals surface area contributed by atoms with Crippen molar-refractivity contribution in [2.75, 3.05) is 0 Å². The number of nitrogens with zero attached hydrogens (tertiary/aromatic N) is 3. The minimum absolute atomic E-state index is 0.627. The van der Waals surface area contributed by atoms with Crippen molar-refractivity contribution in [3.63, 3.8) is 0 Å². The van der Waals surface area contributed by atoms with Gasteiger partial charge < -0.3 is 4.40 Å². The molecule has 1 fully saturated rings. The molecule has 0 N–H and O–H groups in total. The monoisotopic (exact) mass is 440 g/mol. The Hall–Kier alpha value is -3.72. The van der Waals surface area contributed by atoms with E-state index >= 15 is 0 Å². The molecule has 1 aliphatic carbocycles. The SMILES string of the molecule is Cc1c2ccccc2cc2c1c1c3c(cc(C4CCCC4)c4c5ccccc5n2c43)nc[n+]1C. The van der Waals surface area contributed by atoms with E-state index in [-0.39, 0.29) is 0 Å². The predicted molar refractivity (Wildman–Crippen MR) is 141 cm³/mol. The molecule has 3 aromatic heterocycles. The lowest BCUT2D eigenvalue weighted by atomic mass is 9.90. The van der Waals surface area contributed by atoms with Gasteiger partial charge in [-0.2, -0.15) is 0 Å².